The largest absolute Gasteiger partial charge is 0.670 e. The summed E-state index contributed by atoms with van der Waals surface area (Å²) in [6, 6.07) is 3.46. The molecule has 0 radical (unpaired) electrons. The molecule has 29 heavy (non-hydrogen) atoms. The zero-order valence-corrected chi connectivity index (χ0v) is 16.1. The summed E-state index contributed by atoms with van der Waals surface area (Å²) >= 11 is 0. The number of benzene rings is 1. The van der Waals surface area contributed by atoms with Crippen LogP contribution in [0.4, 0.5) is 0 Å². The van der Waals surface area contributed by atoms with Gasteiger partial charge in [-0.2, -0.15) is 0 Å². The summed E-state index contributed by atoms with van der Waals surface area (Å²) in [6.07, 6.45) is -1.37. The number of aliphatic hydroxyl groups is 2. The quantitative estimate of drug-likeness (QED) is 0.242. The van der Waals surface area contributed by atoms with E-state index in [2.05, 4.69) is 10.6 Å². The van der Waals surface area contributed by atoms with E-state index in [4.69, 9.17) is 9.39 Å². The molecule has 1 aromatic carbocycles. The van der Waals surface area contributed by atoms with Crippen LogP contribution in [0.15, 0.2) is 12.1 Å². The molecule has 1 aromatic rings. The highest BCUT2D eigenvalue weighted by molar-refractivity contribution is 6.58. The minimum Gasteiger partial charge on any atom is -0.670 e. The summed E-state index contributed by atoms with van der Waals surface area (Å²) in [5.74, 6) is 0.287. The molecule has 0 bridgehead atoms. The Labute approximate surface area is 168 Å². The molecule has 0 aromatic heterocycles. The van der Waals surface area contributed by atoms with Gasteiger partial charge in [-0.05, 0) is 18.1 Å². The van der Waals surface area contributed by atoms with Crippen molar-refractivity contribution in [3.8, 4) is 11.5 Å². The fourth-order valence-corrected chi connectivity index (χ4v) is 3.99. The molecule has 10 nitrogen and oxygen atoms in total. The molecule has 3 aliphatic rings. The van der Waals surface area contributed by atoms with Crippen molar-refractivity contribution >= 4 is 12.7 Å². The Bertz CT molecular complexity index is 764. The molecule has 1 unspecified atom stereocenters. The standard InChI is InChI=1S/C18H27BN3O7/c23-15(7-12-8-20-5-6-21-12)22-9-13(10-22)28-14-2-1-11-3-4-19(26,27)29-17(11)16(14)18(24)25/h1-2,12-13,18,20-21,24-27H,3-10H2/q-1. The number of nitrogens with zero attached hydrogens (tertiary/aromatic N) is 1. The molecule has 3 heterocycles. The summed E-state index contributed by atoms with van der Waals surface area (Å²) < 4.78 is 11.1. The number of likely N-dealkylation sites (tertiary alicyclic amines) is 1. The smallest absolute Gasteiger partial charge is 0.430 e. The number of aliphatic hydroxyl groups excluding tert-OH is 1. The van der Waals surface area contributed by atoms with Crippen molar-refractivity contribution in [3.05, 3.63) is 23.3 Å². The molecule has 0 saturated carbocycles. The van der Waals surface area contributed by atoms with Gasteiger partial charge in [0.2, 0.25) is 5.91 Å². The van der Waals surface area contributed by atoms with Gasteiger partial charge in [0.1, 0.15) is 11.9 Å². The number of hydrogen-bond donors (Lipinski definition) is 6. The van der Waals surface area contributed by atoms with Crippen molar-refractivity contribution in [1.29, 1.82) is 0 Å². The highest BCUT2D eigenvalue weighted by Gasteiger charge is 2.36. The zero-order valence-electron chi connectivity index (χ0n) is 16.1. The number of hydrogen-bond acceptors (Lipinski definition) is 9. The summed E-state index contributed by atoms with van der Waals surface area (Å²) in [7, 11) is 0. The van der Waals surface area contributed by atoms with Gasteiger partial charge in [-0.25, -0.2) is 0 Å². The normalized spacial score (nSPS) is 23.9. The van der Waals surface area contributed by atoms with Crippen LogP contribution < -0.4 is 20.0 Å². The van der Waals surface area contributed by atoms with Crippen LogP contribution >= 0.6 is 0 Å². The van der Waals surface area contributed by atoms with Gasteiger partial charge in [-0.3, -0.25) is 4.79 Å². The lowest BCUT2D eigenvalue weighted by Gasteiger charge is -2.41. The van der Waals surface area contributed by atoms with E-state index < -0.39 is 13.0 Å². The lowest BCUT2D eigenvalue weighted by atomic mass is 9.70. The molecule has 3 aliphatic heterocycles. The first kappa shape index (κ1) is 20.4. The number of amides is 1. The van der Waals surface area contributed by atoms with Gasteiger partial charge in [-0.15, -0.1) is 0 Å². The SMILES string of the molecule is O=C(CC1CNCCN1)N1CC(Oc2ccc3c(c2C(O)O)O[B-](O)(O)CC3)C1. The van der Waals surface area contributed by atoms with Gasteiger partial charge in [-0.1, -0.05) is 12.4 Å². The van der Waals surface area contributed by atoms with Gasteiger partial charge >= 0.3 is 6.75 Å². The predicted octanol–water partition coefficient (Wildman–Crippen LogP) is -1.93. The average Bonchev–Trinajstić information content (AvgIpc) is 2.63. The minimum absolute atomic E-state index is 0.0289. The monoisotopic (exact) mass is 408 g/mol. The first-order valence-electron chi connectivity index (χ1n) is 10.0. The van der Waals surface area contributed by atoms with Crippen LogP contribution in [0.5, 0.6) is 11.5 Å². The Morgan fingerprint density at radius 3 is 2.79 bits per heavy atom. The number of fused-ring (bicyclic) bond motifs is 1. The van der Waals surface area contributed by atoms with Gasteiger partial charge in [0.05, 0.1) is 24.4 Å². The number of rotatable bonds is 5. The van der Waals surface area contributed by atoms with Crippen LogP contribution in [-0.2, 0) is 11.2 Å². The second-order valence-electron chi connectivity index (χ2n) is 7.95. The summed E-state index contributed by atoms with van der Waals surface area (Å²) in [5.41, 5.74) is 0.624. The van der Waals surface area contributed by atoms with Crippen LogP contribution in [0.2, 0.25) is 6.32 Å². The fraction of sp³-hybridized carbons (Fsp3) is 0.611. The third kappa shape index (κ3) is 4.50. The fourth-order valence-electron chi connectivity index (χ4n) is 3.99. The van der Waals surface area contributed by atoms with Crippen LogP contribution in [0.25, 0.3) is 0 Å². The lowest BCUT2D eigenvalue weighted by molar-refractivity contribution is -0.140. The molecule has 2 saturated heterocycles. The molecule has 6 N–H and O–H groups in total. The van der Waals surface area contributed by atoms with Crippen molar-refractivity contribution in [3.63, 3.8) is 0 Å². The molecular formula is C18H27BN3O7-. The molecule has 1 atom stereocenters. The first-order valence-corrected chi connectivity index (χ1v) is 10.0. The highest BCUT2D eigenvalue weighted by atomic mass is 16.6. The Kier molecular flexibility index (Phi) is 5.69. The Morgan fingerprint density at radius 1 is 1.31 bits per heavy atom. The molecule has 160 valence electrons. The Balaban J connectivity index is 1.39. The highest BCUT2D eigenvalue weighted by Crippen LogP contribution is 2.41. The maximum absolute atomic E-state index is 12.4. The molecule has 0 aliphatic carbocycles. The number of nitrogens with one attached hydrogen (secondary N) is 2. The molecule has 1 amide bonds. The number of ether oxygens (including phenoxy) is 1. The van der Waals surface area contributed by atoms with Gasteiger partial charge < -0.3 is 45.2 Å². The number of aryl methyl sites for hydroxylation is 1. The van der Waals surface area contributed by atoms with Crippen LogP contribution in [0.3, 0.4) is 0 Å². The molecular weight excluding hydrogens is 381 g/mol. The summed E-state index contributed by atoms with van der Waals surface area (Å²) in [5, 5.41) is 45.9. The van der Waals surface area contributed by atoms with Crippen LogP contribution in [0.1, 0.15) is 23.8 Å². The van der Waals surface area contributed by atoms with E-state index in [1.54, 1.807) is 17.0 Å². The van der Waals surface area contributed by atoms with Crippen molar-refractivity contribution < 1.29 is 34.4 Å². The van der Waals surface area contributed by atoms with Crippen molar-refractivity contribution in [1.82, 2.24) is 15.5 Å². The maximum atomic E-state index is 12.4. The van der Waals surface area contributed by atoms with Crippen molar-refractivity contribution in [2.24, 2.45) is 0 Å². The van der Waals surface area contributed by atoms with Crippen molar-refractivity contribution in [2.75, 3.05) is 32.7 Å². The topological polar surface area (TPSA) is 144 Å². The molecule has 2 fully saturated rings. The number of carbonyl (C=O) groups excluding carboxylic acids is 1. The van der Waals surface area contributed by atoms with E-state index in [1.165, 1.54) is 0 Å². The third-order valence-corrected chi connectivity index (χ3v) is 5.63. The van der Waals surface area contributed by atoms with Gasteiger partial charge in [0.25, 0.3) is 0 Å². The molecule has 0 spiro atoms. The van der Waals surface area contributed by atoms with Crippen LogP contribution in [0, 0.1) is 0 Å². The predicted molar refractivity (Wildman–Crippen MR) is 103 cm³/mol. The van der Waals surface area contributed by atoms with Gasteiger partial charge in [0, 0.05) is 32.1 Å². The van der Waals surface area contributed by atoms with E-state index in [-0.39, 0.29) is 41.4 Å². The van der Waals surface area contributed by atoms with Crippen molar-refractivity contribution in [2.45, 2.75) is 37.6 Å². The first-order chi connectivity index (χ1) is 13.8. The second kappa shape index (κ2) is 8.09. The van der Waals surface area contributed by atoms with E-state index in [1.807, 2.05) is 0 Å². The number of piperazine rings is 1. The lowest BCUT2D eigenvalue weighted by Crippen LogP contribution is -2.58. The summed E-state index contributed by atoms with van der Waals surface area (Å²) in [4.78, 5) is 14.1. The van der Waals surface area contributed by atoms with E-state index in [9.17, 15) is 25.1 Å². The maximum Gasteiger partial charge on any atom is 0.430 e. The Morgan fingerprint density at radius 2 is 2.10 bits per heavy atom. The van der Waals surface area contributed by atoms with E-state index >= 15 is 0 Å². The Hall–Kier alpha value is -1.89. The molecule has 11 heteroatoms. The van der Waals surface area contributed by atoms with Gasteiger partial charge in [0.15, 0.2) is 6.29 Å². The summed E-state index contributed by atoms with van der Waals surface area (Å²) in [6.45, 7) is 0.299. The van der Waals surface area contributed by atoms with Crippen LogP contribution in [-0.4, -0.2) is 82.7 Å². The second-order valence-corrected chi connectivity index (χ2v) is 7.95. The number of carbonyl (C=O) groups is 1. The minimum atomic E-state index is -3.04. The van der Waals surface area contributed by atoms with E-state index in [0.29, 0.717) is 31.5 Å². The zero-order chi connectivity index (χ0) is 20.6. The van der Waals surface area contributed by atoms with E-state index in [0.717, 1.165) is 19.6 Å². The average molecular weight is 408 g/mol. The third-order valence-electron chi connectivity index (χ3n) is 5.63. The molecule has 4 rings (SSSR count).